The molecule has 24 heavy (non-hydrogen) atoms. The van der Waals surface area contributed by atoms with Gasteiger partial charge in [-0.1, -0.05) is 23.2 Å². The lowest BCUT2D eigenvalue weighted by molar-refractivity contribution is 0.592. The fourth-order valence-corrected chi connectivity index (χ4v) is 4.42. The van der Waals surface area contributed by atoms with Crippen molar-refractivity contribution < 1.29 is 16.8 Å². The Labute approximate surface area is 148 Å². The van der Waals surface area contributed by atoms with Gasteiger partial charge in [-0.3, -0.25) is 9.89 Å². The van der Waals surface area contributed by atoms with E-state index in [0.717, 1.165) is 12.3 Å². The maximum Gasteiger partial charge on any atom is 0.205 e. The maximum absolute atomic E-state index is 12.2. The third-order valence-electron chi connectivity index (χ3n) is 2.91. The van der Waals surface area contributed by atoms with E-state index in [1.807, 2.05) is 0 Å². The molecule has 7 nitrogen and oxygen atoms in total. The summed E-state index contributed by atoms with van der Waals surface area (Å²) >= 11 is 11.6. The van der Waals surface area contributed by atoms with Gasteiger partial charge in [0, 0.05) is 22.4 Å². The summed E-state index contributed by atoms with van der Waals surface area (Å²) in [5.41, 5.74) is -0.700. The number of hydrogen-bond donors (Lipinski definition) is 1. The number of halogens is 2. The monoisotopic (exact) mass is 410 g/mol. The molecule has 1 aromatic carbocycles. The SMILES string of the molecule is CS(=O)(=O)c1cc(=O)c(CS(=O)(=O)Cc2cc(Cl)cc(Cl)c2)n[nH]1. The van der Waals surface area contributed by atoms with Crippen LogP contribution in [0.2, 0.25) is 10.0 Å². The molecule has 11 heteroatoms. The Hall–Kier alpha value is -1.42. The van der Waals surface area contributed by atoms with E-state index in [0.29, 0.717) is 15.6 Å². The van der Waals surface area contributed by atoms with Gasteiger partial charge in [0.2, 0.25) is 5.43 Å². The van der Waals surface area contributed by atoms with Crippen LogP contribution in [0, 0.1) is 0 Å². The van der Waals surface area contributed by atoms with E-state index in [1.165, 1.54) is 18.2 Å². The van der Waals surface area contributed by atoms with E-state index in [-0.39, 0.29) is 16.5 Å². The largest absolute Gasteiger partial charge is 0.288 e. The number of hydrogen-bond acceptors (Lipinski definition) is 6. The minimum Gasteiger partial charge on any atom is -0.288 e. The van der Waals surface area contributed by atoms with Crippen LogP contribution in [0.5, 0.6) is 0 Å². The number of H-pyrrole nitrogens is 1. The standard InChI is InChI=1S/C13H12Cl2N2O5S2/c1-23(19,20)13-5-12(18)11(16-17-13)7-24(21,22)6-8-2-9(14)4-10(15)3-8/h2-5H,6-7H2,1H3,(H,17,18). The van der Waals surface area contributed by atoms with Crippen LogP contribution < -0.4 is 5.43 Å². The van der Waals surface area contributed by atoms with Gasteiger partial charge in [-0.05, 0) is 23.8 Å². The molecule has 2 aromatic rings. The molecule has 0 atom stereocenters. The molecule has 0 radical (unpaired) electrons. The zero-order valence-corrected chi connectivity index (χ0v) is 15.4. The van der Waals surface area contributed by atoms with Crippen molar-refractivity contribution in [2.45, 2.75) is 16.5 Å². The highest BCUT2D eigenvalue weighted by atomic mass is 35.5. The Morgan fingerprint density at radius 2 is 1.58 bits per heavy atom. The van der Waals surface area contributed by atoms with Crippen LogP contribution in [0.3, 0.4) is 0 Å². The smallest absolute Gasteiger partial charge is 0.205 e. The Balaban J connectivity index is 2.28. The van der Waals surface area contributed by atoms with Crippen molar-refractivity contribution in [2.75, 3.05) is 6.26 Å². The predicted molar refractivity (Wildman–Crippen MR) is 90.8 cm³/mol. The number of sulfone groups is 2. The van der Waals surface area contributed by atoms with Crippen molar-refractivity contribution in [2.24, 2.45) is 0 Å². The predicted octanol–water partition coefficient (Wildman–Crippen LogP) is 1.60. The molecular formula is C13H12Cl2N2O5S2. The number of aromatic nitrogens is 2. The Morgan fingerprint density at radius 1 is 1.00 bits per heavy atom. The minimum atomic E-state index is -3.74. The first kappa shape index (κ1) is 18.9. The Kier molecular flexibility index (Phi) is 5.38. The lowest BCUT2D eigenvalue weighted by Crippen LogP contribution is -2.20. The highest BCUT2D eigenvalue weighted by Crippen LogP contribution is 2.21. The second-order valence-electron chi connectivity index (χ2n) is 5.13. The number of nitrogens with one attached hydrogen (secondary N) is 1. The zero-order chi connectivity index (χ0) is 18.1. The topological polar surface area (TPSA) is 114 Å². The fourth-order valence-electron chi connectivity index (χ4n) is 1.91. The second kappa shape index (κ2) is 6.83. The number of benzene rings is 1. The number of nitrogens with zero attached hydrogens (tertiary/aromatic N) is 1. The van der Waals surface area contributed by atoms with Gasteiger partial charge in [0.05, 0.1) is 11.5 Å². The van der Waals surface area contributed by atoms with Crippen LogP contribution in [0.15, 0.2) is 34.1 Å². The van der Waals surface area contributed by atoms with Crippen LogP contribution >= 0.6 is 23.2 Å². The van der Waals surface area contributed by atoms with Crippen LogP contribution in [-0.4, -0.2) is 33.3 Å². The van der Waals surface area contributed by atoms with Gasteiger partial charge in [0.15, 0.2) is 24.7 Å². The van der Waals surface area contributed by atoms with Gasteiger partial charge in [-0.2, -0.15) is 5.10 Å². The molecule has 0 unspecified atom stereocenters. The van der Waals surface area contributed by atoms with Crippen LogP contribution in [-0.2, 0) is 31.2 Å². The summed E-state index contributed by atoms with van der Waals surface area (Å²) in [7, 11) is -7.38. The lowest BCUT2D eigenvalue weighted by Gasteiger charge is -2.06. The first-order valence-electron chi connectivity index (χ1n) is 6.40. The summed E-state index contributed by atoms with van der Waals surface area (Å²) < 4.78 is 47.1. The third-order valence-corrected chi connectivity index (χ3v) is 5.84. The highest BCUT2D eigenvalue weighted by Gasteiger charge is 2.19. The normalized spacial score (nSPS) is 12.3. The van der Waals surface area contributed by atoms with E-state index in [4.69, 9.17) is 23.2 Å². The van der Waals surface area contributed by atoms with Crippen LogP contribution in [0.25, 0.3) is 0 Å². The van der Waals surface area contributed by atoms with Crippen molar-refractivity contribution in [3.8, 4) is 0 Å². The molecule has 2 rings (SSSR count). The first-order valence-corrected chi connectivity index (χ1v) is 10.9. The summed E-state index contributed by atoms with van der Waals surface area (Å²) in [6, 6.07) is 5.18. The molecule has 0 aliphatic carbocycles. The molecule has 0 spiro atoms. The maximum atomic E-state index is 12.2. The van der Waals surface area contributed by atoms with Crippen molar-refractivity contribution in [1.82, 2.24) is 10.2 Å². The quantitative estimate of drug-likeness (QED) is 0.800. The molecule has 0 fully saturated rings. The van der Waals surface area contributed by atoms with Gasteiger partial charge in [-0.25, -0.2) is 16.8 Å². The Morgan fingerprint density at radius 3 is 2.08 bits per heavy atom. The molecule has 0 saturated carbocycles. The van der Waals surface area contributed by atoms with Gasteiger partial charge in [0.1, 0.15) is 5.69 Å². The second-order valence-corrected chi connectivity index (χ2v) is 10.0. The van der Waals surface area contributed by atoms with Gasteiger partial charge in [-0.15, -0.1) is 0 Å². The fraction of sp³-hybridized carbons (Fsp3) is 0.231. The minimum absolute atomic E-state index is 0.293. The molecular weight excluding hydrogens is 399 g/mol. The van der Waals surface area contributed by atoms with Crippen molar-refractivity contribution in [3.05, 3.63) is 55.8 Å². The molecule has 0 aliphatic rings. The third kappa shape index (κ3) is 5.04. The van der Waals surface area contributed by atoms with E-state index in [2.05, 4.69) is 10.2 Å². The average molecular weight is 411 g/mol. The summed E-state index contributed by atoms with van der Waals surface area (Å²) in [6.45, 7) is 0. The zero-order valence-electron chi connectivity index (χ0n) is 12.3. The van der Waals surface area contributed by atoms with Gasteiger partial charge < -0.3 is 0 Å². The van der Waals surface area contributed by atoms with E-state index >= 15 is 0 Å². The van der Waals surface area contributed by atoms with Crippen LogP contribution in [0.1, 0.15) is 11.3 Å². The summed E-state index contributed by atoms with van der Waals surface area (Å²) in [5.74, 6) is -1.03. The summed E-state index contributed by atoms with van der Waals surface area (Å²) in [4.78, 5) is 11.9. The summed E-state index contributed by atoms with van der Waals surface area (Å²) in [5, 5.41) is 5.94. The first-order chi connectivity index (χ1) is 11.0. The molecule has 130 valence electrons. The summed E-state index contributed by atoms with van der Waals surface area (Å²) in [6.07, 6.45) is 0.902. The van der Waals surface area contributed by atoms with Crippen LogP contribution in [0.4, 0.5) is 0 Å². The number of rotatable bonds is 5. The van der Waals surface area contributed by atoms with E-state index in [9.17, 15) is 21.6 Å². The van der Waals surface area contributed by atoms with Crippen molar-refractivity contribution >= 4 is 42.9 Å². The molecule has 1 heterocycles. The molecule has 0 saturated heterocycles. The highest BCUT2D eigenvalue weighted by molar-refractivity contribution is 7.90. The van der Waals surface area contributed by atoms with Gasteiger partial charge >= 0.3 is 0 Å². The average Bonchev–Trinajstić information content (AvgIpc) is 2.37. The van der Waals surface area contributed by atoms with Crippen molar-refractivity contribution in [3.63, 3.8) is 0 Å². The molecule has 0 bridgehead atoms. The molecule has 0 amide bonds. The molecule has 1 N–H and O–H groups in total. The Bertz CT molecular complexity index is 1030. The van der Waals surface area contributed by atoms with Crippen molar-refractivity contribution in [1.29, 1.82) is 0 Å². The van der Waals surface area contributed by atoms with Gasteiger partial charge in [0.25, 0.3) is 0 Å². The molecule has 1 aromatic heterocycles. The lowest BCUT2D eigenvalue weighted by atomic mass is 10.2. The number of aromatic amines is 1. The van der Waals surface area contributed by atoms with E-state index in [1.54, 1.807) is 0 Å². The van der Waals surface area contributed by atoms with E-state index < -0.39 is 30.9 Å². The molecule has 0 aliphatic heterocycles.